The number of carbonyl (C=O) groups excluding carboxylic acids is 3. The molecule has 1 heterocycles. The van der Waals surface area contributed by atoms with Crippen LogP contribution in [0.4, 0.5) is 18.9 Å². The molecule has 0 aromatic heterocycles. The number of nitrogens with two attached hydrogens (primary N) is 1. The second-order valence-corrected chi connectivity index (χ2v) is 5.62. The Morgan fingerprint density at radius 2 is 1.88 bits per heavy atom. The van der Waals surface area contributed by atoms with Crippen LogP contribution in [0.5, 0.6) is 0 Å². The number of hydrogen-bond acceptors (Lipinski definition) is 3. The highest BCUT2D eigenvalue weighted by Crippen LogP contribution is 2.24. The van der Waals surface area contributed by atoms with E-state index in [2.05, 4.69) is 5.32 Å². The number of anilines is 1. The number of nitrogens with zero attached hydrogens (tertiary/aromatic N) is 1. The number of alkyl halides is 3. The van der Waals surface area contributed by atoms with Gasteiger partial charge in [0.2, 0.25) is 17.7 Å². The van der Waals surface area contributed by atoms with Crippen molar-refractivity contribution in [1.29, 1.82) is 0 Å². The summed E-state index contributed by atoms with van der Waals surface area (Å²) in [6, 6.07) is 6.33. The lowest BCUT2D eigenvalue weighted by molar-refractivity contribution is -0.157. The molecule has 0 aliphatic carbocycles. The van der Waals surface area contributed by atoms with E-state index in [0.29, 0.717) is 16.2 Å². The summed E-state index contributed by atoms with van der Waals surface area (Å²) in [5.74, 6) is -2.52. The Labute approximate surface area is 135 Å². The van der Waals surface area contributed by atoms with Crippen LogP contribution in [0.3, 0.4) is 0 Å². The standard InChI is InChI=1S/C15H16F3N3O3/c16-15(17,18)8-21-7-10(6-13(21)23)14(24)20-11-3-1-9(2-4-11)5-12(19)22/h1-4,10H,5-8H2,(H2,19,22)(H,20,24). The van der Waals surface area contributed by atoms with Crippen molar-refractivity contribution in [3.05, 3.63) is 29.8 Å². The first kappa shape index (κ1) is 17.8. The van der Waals surface area contributed by atoms with Gasteiger partial charge in [0.05, 0.1) is 12.3 Å². The zero-order valence-electron chi connectivity index (χ0n) is 12.6. The van der Waals surface area contributed by atoms with Gasteiger partial charge >= 0.3 is 6.18 Å². The van der Waals surface area contributed by atoms with Gasteiger partial charge in [0, 0.05) is 18.7 Å². The lowest BCUT2D eigenvalue weighted by Gasteiger charge is -2.18. The Morgan fingerprint density at radius 3 is 2.42 bits per heavy atom. The van der Waals surface area contributed by atoms with Crippen molar-refractivity contribution in [2.45, 2.75) is 19.0 Å². The molecule has 1 aliphatic heterocycles. The number of benzene rings is 1. The molecule has 6 nitrogen and oxygen atoms in total. The third kappa shape index (κ3) is 4.97. The molecular weight excluding hydrogens is 327 g/mol. The summed E-state index contributed by atoms with van der Waals surface area (Å²) >= 11 is 0. The third-order valence-corrected chi connectivity index (χ3v) is 3.56. The Balaban J connectivity index is 1.93. The average molecular weight is 343 g/mol. The summed E-state index contributed by atoms with van der Waals surface area (Å²) in [6.07, 6.45) is -4.67. The minimum Gasteiger partial charge on any atom is -0.369 e. The van der Waals surface area contributed by atoms with Crippen molar-refractivity contribution in [3.8, 4) is 0 Å². The first-order valence-electron chi connectivity index (χ1n) is 7.16. The molecule has 24 heavy (non-hydrogen) atoms. The van der Waals surface area contributed by atoms with E-state index in [4.69, 9.17) is 5.73 Å². The van der Waals surface area contributed by atoms with Crippen LogP contribution >= 0.6 is 0 Å². The number of rotatable bonds is 5. The van der Waals surface area contributed by atoms with Gasteiger partial charge < -0.3 is 16.0 Å². The second-order valence-electron chi connectivity index (χ2n) is 5.62. The fraction of sp³-hybridized carbons (Fsp3) is 0.400. The molecule has 3 amide bonds. The smallest absolute Gasteiger partial charge is 0.369 e. The molecule has 1 unspecified atom stereocenters. The fourth-order valence-corrected chi connectivity index (χ4v) is 2.47. The highest BCUT2D eigenvalue weighted by Gasteiger charge is 2.40. The minimum absolute atomic E-state index is 0.0672. The Bertz CT molecular complexity index is 644. The number of likely N-dealkylation sites (tertiary alicyclic amines) is 1. The lowest BCUT2D eigenvalue weighted by Crippen LogP contribution is -2.36. The Kier molecular flexibility index (Phi) is 5.10. The molecule has 0 saturated carbocycles. The number of amides is 3. The molecule has 3 N–H and O–H groups in total. The predicted octanol–water partition coefficient (Wildman–Crippen LogP) is 1.06. The van der Waals surface area contributed by atoms with E-state index >= 15 is 0 Å². The van der Waals surface area contributed by atoms with E-state index in [9.17, 15) is 27.6 Å². The van der Waals surface area contributed by atoms with Crippen molar-refractivity contribution in [2.75, 3.05) is 18.4 Å². The average Bonchev–Trinajstić information content (AvgIpc) is 2.80. The molecule has 1 fully saturated rings. The SMILES string of the molecule is NC(=O)Cc1ccc(NC(=O)C2CC(=O)N(CC(F)(F)F)C2)cc1. The maximum Gasteiger partial charge on any atom is 0.406 e. The van der Waals surface area contributed by atoms with Gasteiger partial charge in [-0.1, -0.05) is 12.1 Å². The van der Waals surface area contributed by atoms with Gasteiger partial charge in [0.25, 0.3) is 0 Å². The van der Waals surface area contributed by atoms with Crippen LogP contribution in [-0.2, 0) is 20.8 Å². The second kappa shape index (κ2) is 6.90. The maximum absolute atomic E-state index is 12.4. The van der Waals surface area contributed by atoms with E-state index in [1.165, 1.54) is 0 Å². The maximum atomic E-state index is 12.4. The molecule has 1 aliphatic rings. The van der Waals surface area contributed by atoms with Crippen molar-refractivity contribution in [2.24, 2.45) is 11.7 Å². The van der Waals surface area contributed by atoms with E-state index in [-0.39, 0.29) is 19.4 Å². The first-order chi connectivity index (χ1) is 11.1. The molecule has 0 bridgehead atoms. The largest absolute Gasteiger partial charge is 0.406 e. The van der Waals surface area contributed by atoms with Crippen LogP contribution in [0.1, 0.15) is 12.0 Å². The van der Waals surface area contributed by atoms with Gasteiger partial charge in [-0.3, -0.25) is 14.4 Å². The van der Waals surface area contributed by atoms with Crippen molar-refractivity contribution in [3.63, 3.8) is 0 Å². The highest BCUT2D eigenvalue weighted by molar-refractivity contribution is 5.97. The molecule has 0 spiro atoms. The van der Waals surface area contributed by atoms with E-state index in [1.807, 2.05) is 0 Å². The van der Waals surface area contributed by atoms with E-state index in [0.717, 1.165) is 0 Å². The monoisotopic (exact) mass is 343 g/mol. The number of halogens is 3. The summed E-state index contributed by atoms with van der Waals surface area (Å²) in [6.45, 7) is -1.61. The number of hydrogen-bond donors (Lipinski definition) is 2. The van der Waals surface area contributed by atoms with Crippen LogP contribution in [0.15, 0.2) is 24.3 Å². The topological polar surface area (TPSA) is 92.5 Å². The summed E-state index contributed by atoms with van der Waals surface area (Å²) in [7, 11) is 0. The van der Waals surface area contributed by atoms with Gasteiger partial charge in [-0.15, -0.1) is 0 Å². The molecule has 2 rings (SSSR count). The van der Waals surface area contributed by atoms with Gasteiger partial charge in [0.1, 0.15) is 6.54 Å². The van der Waals surface area contributed by atoms with Gasteiger partial charge in [0.15, 0.2) is 0 Å². The zero-order chi connectivity index (χ0) is 17.9. The van der Waals surface area contributed by atoms with Gasteiger partial charge in [-0.2, -0.15) is 13.2 Å². The van der Waals surface area contributed by atoms with Crippen molar-refractivity contribution in [1.82, 2.24) is 4.90 Å². The molecule has 9 heteroatoms. The number of nitrogens with one attached hydrogen (secondary N) is 1. The van der Waals surface area contributed by atoms with Crippen LogP contribution in [0, 0.1) is 5.92 Å². The molecule has 0 radical (unpaired) electrons. The van der Waals surface area contributed by atoms with Crippen LogP contribution in [0.25, 0.3) is 0 Å². The predicted molar refractivity (Wildman–Crippen MR) is 78.7 cm³/mol. The Hall–Kier alpha value is -2.58. The number of carbonyl (C=O) groups is 3. The first-order valence-corrected chi connectivity index (χ1v) is 7.16. The Morgan fingerprint density at radius 1 is 1.25 bits per heavy atom. The number of primary amides is 1. The molecule has 1 aromatic carbocycles. The summed E-state index contributed by atoms with van der Waals surface area (Å²) in [4.78, 5) is 35.1. The molecular formula is C15H16F3N3O3. The van der Waals surface area contributed by atoms with Crippen LogP contribution in [-0.4, -0.2) is 41.9 Å². The molecule has 1 aromatic rings. The molecule has 130 valence electrons. The van der Waals surface area contributed by atoms with E-state index in [1.54, 1.807) is 24.3 Å². The summed E-state index contributed by atoms with van der Waals surface area (Å²) < 4.78 is 37.1. The molecule has 1 saturated heterocycles. The van der Waals surface area contributed by atoms with Crippen LogP contribution < -0.4 is 11.1 Å². The van der Waals surface area contributed by atoms with E-state index < -0.39 is 36.4 Å². The highest BCUT2D eigenvalue weighted by atomic mass is 19.4. The normalized spacial score (nSPS) is 17.9. The van der Waals surface area contributed by atoms with Gasteiger partial charge in [-0.05, 0) is 17.7 Å². The minimum atomic E-state index is -4.49. The van der Waals surface area contributed by atoms with Crippen molar-refractivity contribution >= 4 is 23.4 Å². The third-order valence-electron chi connectivity index (χ3n) is 3.56. The lowest BCUT2D eigenvalue weighted by atomic mass is 10.1. The summed E-state index contributed by atoms with van der Waals surface area (Å²) in [5.41, 5.74) is 6.17. The summed E-state index contributed by atoms with van der Waals surface area (Å²) in [5, 5.41) is 2.55. The van der Waals surface area contributed by atoms with Gasteiger partial charge in [-0.25, -0.2) is 0 Å². The fourth-order valence-electron chi connectivity index (χ4n) is 2.47. The quantitative estimate of drug-likeness (QED) is 0.837. The zero-order valence-corrected chi connectivity index (χ0v) is 12.6. The molecule has 1 atom stereocenters. The van der Waals surface area contributed by atoms with Crippen molar-refractivity contribution < 1.29 is 27.6 Å². The van der Waals surface area contributed by atoms with Crippen LogP contribution in [0.2, 0.25) is 0 Å².